The third-order valence-corrected chi connectivity index (χ3v) is 2.64. The third kappa shape index (κ3) is 3.93. The zero-order valence-corrected chi connectivity index (χ0v) is 10.6. The van der Waals surface area contributed by atoms with Gasteiger partial charge in [-0.05, 0) is 12.3 Å². The van der Waals surface area contributed by atoms with Crippen LogP contribution >= 0.6 is 11.8 Å². The molecule has 0 bridgehead atoms. The van der Waals surface area contributed by atoms with E-state index in [0.29, 0.717) is 0 Å². The van der Waals surface area contributed by atoms with Crippen molar-refractivity contribution < 1.29 is 18.7 Å². The Hall–Kier alpha value is -2.14. The molecule has 0 unspecified atom stereocenters. The zero-order valence-electron chi connectivity index (χ0n) is 9.78. The van der Waals surface area contributed by atoms with Gasteiger partial charge in [-0.1, -0.05) is 17.8 Å². The number of hydrogen-bond donors (Lipinski definition) is 2. The number of nitrogens with zero attached hydrogens (tertiary/aromatic N) is 2. The van der Waals surface area contributed by atoms with E-state index in [2.05, 4.69) is 10.3 Å². The summed E-state index contributed by atoms with van der Waals surface area (Å²) in [7, 11) is 0. The van der Waals surface area contributed by atoms with Gasteiger partial charge in [0, 0.05) is 5.56 Å². The van der Waals surface area contributed by atoms with Gasteiger partial charge < -0.3 is 5.11 Å². The van der Waals surface area contributed by atoms with Gasteiger partial charge >= 0.3 is 5.97 Å². The molecule has 0 saturated carbocycles. The lowest BCUT2D eigenvalue weighted by Crippen LogP contribution is -2.12. The quantitative estimate of drug-likeness (QED) is 0.384. The van der Waals surface area contributed by atoms with E-state index in [0.717, 1.165) is 23.9 Å². The van der Waals surface area contributed by atoms with Crippen molar-refractivity contribution >= 4 is 28.6 Å². The van der Waals surface area contributed by atoms with Crippen LogP contribution in [-0.2, 0) is 11.2 Å². The van der Waals surface area contributed by atoms with E-state index in [9.17, 15) is 13.6 Å². The molecule has 0 aliphatic carbocycles. The molecule has 0 atom stereocenters. The number of aliphatic imine (C=N–C) groups is 1. The maximum Gasteiger partial charge on any atom is 0.307 e. The third-order valence-electron chi connectivity index (χ3n) is 2.06. The second-order valence-electron chi connectivity index (χ2n) is 3.30. The van der Waals surface area contributed by atoms with Crippen molar-refractivity contribution in [3.05, 3.63) is 29.3 Å². The number of carboxylic acids is 1. The number of thioether (sulfide) groups is 1. The Morgan fingerprint density at radius 3 is 2.74 bits per heavy atom. The average molecular weight is 285 g/mol. The number of aliphatic carboxylic acids is 1. The fourth-order valence-electron chi connectivity index (χ4n) is 1.25. The van der Waals surface area contributed by atoms with Gasteiger partial charge in [0.15, 0.2) is 23.0 Å². The predicted octanol–water partition coefficient (Wildman–Crippen LogP) is 2.01. The van der Waals surface area contributed by atoms with E-state index in [4.69, 9.17) is 10.4 Å². The summed E-state index contributed by atoms with van der Waals surface area (Å²) in [6, 6.07) is 2.31. The van der Waals surface area contributed by atoms with Gasteiger partial charge in [0.2, 0.25) is 0 Å². The molecular weight excluding hydrogens is 276 g/mol. The topological polar surface area (TPSA) is 85.5 Å². The van der Waals surface area contributed by atoms with Crippen LogP contribution in [0.4, 0.5) is 14.5 Å². The lowest BCUT2D eigenvalue weighted by molar-refractivity contribution is -0.136. The summed E-state index contributed by atoms with van der Waals surface area (Å²) < 4.78 is 27.2. The highest BCUT2D eigenvalue weighted by Gasteiger charge is 2.15. The number of rotatable bonds is 3. The Kier molecular flexibility index (Phi) is 5.26. The number of nitriles is 1. The van der Waals surface area contributed by atoms with Gasteiger partial charge in [0.05, 0.1) is 6.42 Å². The first-order valence-electron chi connectivity index (χ1n) is 4.96. The first-order valence-corrected chi connectivity index (χ1v) is 6.18. The van der Waals surface area contributed by atoms with Crippen molar-refractivity contribution in [3.63, 3.8) is 0 Å². The van der Waals surface area contributed by atoms with Crippen molar-refractivity contribution in [1.29, 1.82) is 5.26 Å². The first-order chi connectivity index (χ1) is 8.99. The zero-order chi connectivity index (χ0) is 14.4. The number of halogens is 2. The van der Waals surface area contributed by atoms with Gasteiger partial charge in [-0.15, -0.1) is 0 Å². The van der Waals surface area contributed by atoms with Crippen LogP contribution in [0.1, 0.15) is 5.56 Å². The van der Waals surface area contributed by atoms with Crippen LogP contribution in [0.25, 0.3) is 0 Å². The highest BCUT2D eigenvalue weighted by atomic mass is 32.2. The molecule has 0 amide bonds. The van der Waals surface area contributed by atoms with E-state index in [1.54, 1.807) is 12.4 Å². The van der Waals surface area contributed by atoms with E-state index in [1.165, 1.54) is 0 Å². The second-order valence-corrected chi connectivity index (χ2v) is 4.10. The van der Waals surface area contributed by atoms with Gasteiger partial charge in [0.1, 0.15) is 5.69 Å². The largest absolute Gasteiger partial charge is 0.481 e. The van der Waals surface area contributed by atoms with Crippen LogP contribution in [0.2, 0.25) is 0 Å². The van der Waals surface area contributed by atoms with Crippen LogP contribution < -0.4 is 5.32 Å². The van der Waals surface area contributed by atoms with Crippen LogP contribution in [0.5, 0.6) is 0 Å². The SMILES string of the molecule is CSC(=Nc1ccc(CC(=O)O)c(F)c1F)NC#N. The lowest BCUT2D eigenvalue weighted by atomic mass is 10.1. The summed E-state index contributed by atoms with van der Waals surface area (Å²) >= 11 is 1.05. The number of hydrogen-bond acceptors (Lipinski definition) is 4. The summed E-state index contributed by atoms with van der Waals surface area (Å²) in [5.74, 6) is -3.75. The Morgan fingerprint density at radius 1 is 1.53 bits per heavy atom. The molecule has 0 radical (unpaired) electrons. The summed E-state index contributed by atoms with van der Waals surface area (Å²) in [4.78, 5) is 14.2. The minimum Gasteiger partial charge on any atom is -0.481 e. The molecule has 0 aliphatic heterocycles. The highest BCUT2D eigenvalue weighted by Crippen LogP contribution is 2.24. The van der Waals surface area contributed by atoms with Gasteiger partial charge in [-0.2, -0.15) is 5.26 Å². The molecule has 0 saturated heterocycles. The Bertz CT molecular complexity index is 570. The number of nitrogens with one attached hydrogen (secondary N) is 1. The van der Waals surface area contributed by atoms with Crippen molar-refractivity contribution in [2.75, 3.05) is 6.26 Å². The Morgan fingerprint density at radius 2 is 2.21 bits per heavy atom. The van der Waals surface area contributed by atoms with E-state index in [1.807, 2.05) is 0 Å². The van der Waals surface area contributed by atoms with Crippen molar-refractivity contribution in [2.45, 2.75) is 6.42 Å². The lowest BCUT2D eigenvalue weighted by Gasteiger charge is -2.05. The minimum absolute atomic E-state index is 0.104. The van der Waals surface area contributed by atoms with Crippen LogP contribution in [-0.4, -0.2) is 22.5 Å². The maximum absolute atomic E-state index is 13.7. The van der Waals surface area contributed by atoms with Gasteiger partial charge in [-0.3, -0.25) is 10.1 Å². The van der Waals surface area contributed by atoms with Gasteiger partial charge in [-0.25, -0.2) is 13.8 Å². The van der Waals surface area contributed by atoms with Crippen LogP contribution in [0.3, 0.4) is 0 Å². The summed E-state index contributed by atoms with van der Waals surface area (Å²) in [6.45, 7) is 0. The molecule has 1 aromatic rings. The molecule has 0 heterocycles. The average Bonchev–Trinajstić information content (AvgIpc) is 2.37. The minimum atomic E-state index is -1.26. The van der Waals surface area contributed by atoms with E-state index < -0.39 is 24.0 Å². The number of benzene rings is 1. The fourth-order valence-corrected chi connectivity index (χ4v) is 1.58. The Labute approximate surface area is 112 Å². The molecule has 1 aromatic carbocycles. The molecule has 0 spiro atoms. The molecule has 2 N–H and O–H groups in total. The standard InChI is InChI=1S/C11H9F2N3O2S/c1-19-11(15-5-14)16-7-3-2-6(4-8(17)18)9(12)10(7)13/h2-3H,4H2,1H3,(H,15,16)(H,17,18). The van der Waals surface area contributed by atoms with Crippen LogP contribution in [0, 0.1) is 23.1 Å². The molecule has 100 valence electrons. The fraction of sp³-hybridized carbons (Fsp3) is 0.182. The summed E-state index contributed by atoms with van der Waals surface area (Å²) in [5.41, 5.74) is -0.568. The number of amidine groups is 1. The number of carbonyl (C=O) groups is 1. The Balaban J connectivity index is 3.16. The van der Waals surface area contributed by atoms with Crippen molar-refractivity contribution in [2.24, 2.45) is 4.99 Å². The van der Waals surface area contributed by atoms with E-state index in [-0.39, 0.29) is 16.4 Å². The molecule has 0 aliphatic rings. The summed E-state index contributed by atoms with van der Waals surface area (Å²) in [5, 5.41) is 19.3. The predicted molar refractivity (Wildman–Crippen MR) is 67.1 cm³/mol. The van der Waals surface area contributed by atoms with E-state index >= 15 is 0 Å². The normalized spacial score (nSPS) is 10.9. The molecule has 0 aromatic heterocycles. The summed E-state index contributed by atoms with van der Waals surface area (Å²) in [6.07, 6.45) is 2.61. The number of carboxylic acid groups (broad SMARTS) is 1. The first kappa shape index (κ1) is 14.9. The van der Waals surface area contributed by atoms with Gasteiger partial charge in [0.25, 0.3) is 0 Å². The van der Waals surface area contributed by atoms with Crippen molar-refractivity contribution in [1.82, 2.24) is 5.32 Å². The maximum atomic E-state index is 13.7. The monoisotopic (exact) mass is 285 g/mol. The molecule has 0 fully saturated rings. The van der Waals surface area contributed by atoms with Crippen LogP contribution in [0.15, 0.2) is 17.1 Å². The molecule has 1 rings (SSSR count). The smallest absolute Gasteiger partial charge is 0.307 e. The molecular formula is C11H9F2N3O2S. The highest BCUT2D eigenvalue weighted by molar-refractivity contribution is 8.13. The molecule has 5 nitrogen and oxygen atoms in total. The second kappa shape index (κ2) is 6.70. The molecule has 19 heavy (non-hydrogen) atoms. The molecule has 8 heteroatoms. The van der Waals surface area contributed by atoms with Crippen molar-refractivity contribution in [3.8, 4) is 6.19 Å².